The number of nitrogens with zero attached hydrogens (tertiary/aromatic N) is 2. The molecule has 21 heavy (non-hydrogen) atoms. The Bertz CT molecular complexity index is 656. The van der Waals surface area contributed by atoms with E-state index in [9.17, 15) is 18.5 Å². The van der Waals surface area contributed by atoms with Crippen LogP contribution in [0, 0.1) is 23.0 Å². The third-order valence-electron chi connectivity index (χ3n) is 4.56. The first kappa shape index (κ1) is 14.5. The van der Waals surface area contributed by atoms with Gasteiger partial charge in [0, 0.05) is 11.0 Å². The van der Waals surface area contributed by atoms with Gasteiger partial charge in [-0.1, -0.05) is 30.5 Å². The molecule has 0 unspecified atom stereocenters. The van der Waals surface area contributed by atoms with Crippen LogP contribution in [-0.4, -0.2) is 29.9 Å². The van der Waals surface area contributed by atoms with Crippen LogP contribution in [0.3, 0.4) is 0 Å². The number of benzene rings is 1. The quantitative estimate of drug-likeness (QED) is 0.633. The predicted molar refractivity (Wildman–Crippen MR) is 76.7 cm³/mol. The van der Waals surface area contributed by atoms with E-state index in [-0.39, 0.29) is 16.9 Å². The van der Waals surface area contributed by atoms with Crippen molar-refractivity contribution in [1.29, 1.82) is 0 Å². The summed E-state index contributed by atoms with van der Waals surface area (Å²) in [5, 5.41) is 11.3. The topological polar surface area (TPSA) is 80.5 Å². The summed E-state index contributed by atoms with van der Waals surface area (Å²) in [5.74, 6) is -0.131. The minimum absolute atomic E-state index is 0.131. The van der Waals surface area contributed by atoms with Crippen LogP contribution in [0.5, 0.6) is 0 Å². The molecule has 7 heteroatoms. The maximum atomic E-state index is 12.7. The molecule has 0 aromatic heterocycles. The lowest BCUT2D eigenvalue weighted by Crippen LogP contribution is -2.69. The average Bonchev–Trinajstić information content (AvgIpc) is 2.40. The van der Waals surface area contributed by atoms with Gasteiger partial charge in [0.2, 0.25) is 10.0 Å². The summed E-state index contributed by atoms with van der Waals surface area (Å²) >= 11 is 0. The highest BCUT2D eigenvalue weighted by atomic mass is 32.2. The molecule has 1 aromatic carbocycles. The molecule has 1 saturated heterocycles. The smallest absolute Gasteiger partial charge is 0.263 e. The minimum atomic E-state index is -3.79. The summed E-state index contributed by atoms with van der Waals surface area (Å²) in [5.41, 5.74) is 0.957. The molecule has 1 saturated carbocycles. The number of hydrogen-bond acceptors (Lipinski definition) is 4. The lowest BCUT2D eigenvalue weighted by atomic mass is 9.76. The van der Waals surface area contributed by atoms with Gasteiger partial charge in [0.25, 0.3) is 6.17 Å². The SMILES string of the molecule is Cc1ccc(S(=O)(=O)N2[C@@H]3CCCC[C@H]3[C@@H]2[N+](=O)[O-])cc1. The lowest BCUT2D eigenvalue weighted by Gasteiger charge is -2.50. The largest absolute Gasteiger partial charge is 0.285 e. The van der Waals surface area contributed by atoms with E-state index in [4.69, 9.17) is 0 Å². The zero-order chi connectivity index (χ0) is 15.2. The lowest BCUT2D eigenvalue weighted by molar-refractivity contribution is -0.579. The number of nitro groups is 1. The molecule has 1 aromatic rings. The third-order valence-corrected chi connectivity index (χ3v) is 6.47. The Hall–Kier alpha value is -1.47. The minimum Gasteiger partial charge on any atom is -0.263 e. The number of hydrogen-bond donors (Lipinski definition) is 0. The Morgan fingerprint density at radius 3 is 2.43 bits per heavy atom. The molecular formula is C14H18N2O4S. The summed E-state index contributed by atoms with van der Waals surface area (Å²) in [6.07, 6.45) is 2.26. The second-order valence-electron chi connectivity index (χ2n) is 5.86. The molecule has 3 rings (SSSR count). The van der Waals surface area contributed by atoms with E-state index < -0.39 is 21.1 Å². The fraction of sp³-hybridized carbons (Fsp3) is 0.571. The van der Waals surface area contributed by atoms with Crippen LogP contribution in [0.1, 0.15) is 31.2 Å². The molecule has 0 radical (unpaired) electrons. The standard InChI is InChI=1S/C14H18N2O4S/c1-10-6-8-11(9-7-10)21(19,20)15-13-5-3-2-4-12(13)14(15)16(17)18/h6-9,12-14H,2-5H2,1H3/t12-,13-,14+/m1/s1. The van der Waals surface area contributed by atoms with Gasteiger partial charge in [-0.25, -0.2) is 8.42 Å². The number of fused-ring (bicyclic) bond motifs is 1. The fourth-order valence-corrected chi connectivity index (χ4v) is 5.35. The highest BCUT2D eigenvalue weighted by Gasteiger charge is 2.61. The van der Waals surface area contributed by atoms with Crippen molar-refractivity contribution in [2.45, 2.75) is 49.7 Å². The number of rotatable bonds is 3. The second-order valence-corrected chi connectivity index (χ2v) is 7.71. The van der Waals surface area contributed by atoms with Crippen molar-refractivity contribution < 1.29 is 13.3 Å². The summed E-state index contributed by atoms with van der Waals surface area (Å²) in [6, 6.07) is 6.27. The van der Waals surface area contributed by atoms with E-state index in [1.54, 1.807) is 12.1 Å². The number of sulfonamides is 1. The summed E-state index contributed by atoms with van der Waals surface area (Å²) in [7, 11) is -3.79. The van der Waals surface area contributed by atoms with Crippen LogP contribution in [0.25, 0.3) is 0 Å². The van der Waals surface area contributed by atoms with Gasteiger partial charge < -0.3 is 0 Å². The maximum Gasteiger partial charge on any atom is 0.285 e. The van der Waals surface area contributed by atoms with Gasteiger partial charge in [-0.05, 0) is 31.9 Å². The number of aryl methyl sites for hydroxylation is 1. The zero-order valence-corrected chi connectivity index (χ0v) is 12.6. The molecule has 6 nitrogen and oxygen atoms in total. The van der Waals surface area contributed by atoms with E-state index in [0.717, 1.165) is 35.6 Å². The van der Waals surface area contributed by atoms with Gasteiger partial charge in [0.15, 0.2) is 0 Å². The molecule has 0 bridgehead atoms. The van der Waals surface area contributed by atoms with Gasteiger partial charge >= 0.3 is 0 Å². The Morgan fingerprint density at radius 1 is 1.19 bits per heavy atom. The Morgan fingerprint density at radius 2 is 1.81 bits per heavy atom. The monoisotopic (exact) mass is 310 g/mol. The van der Waals surface area contributed by atoms with E-state index >= 15 is 0 Å². The first-order valence-electron chi connectivity index (χ1n) is 7.16. The maximum absolute atomic E-state index is 12.7. The molecular weight excluding hydrogens is 292 g/mol. The van der Waals surface area contributed by atoms with Crippen LogP contribution in [0.15, 0.2) is 29.2 Å². The fourth-order valence-electron chi connectivity index (χ4n) is 3.49. The van der Waals surface area contributed by atoms with Crippen LogP contribution in [-0.2, 0) is 10.0 Å². The van der Waals surface area contributed by atoms with Crippen molar-refractivity contribution in [1.82, 2.24) is 4.31 Å². The first-order chi connectivity index (χ1) is 9.93. The van der Waals surface area contributed by atoms with Gasteiger partial charge in [0.1, 0.15) is 0 Å². The molecule has 114 valence electrons. The van der Waals surface area contributed by atoms with Crippen LogP contribution < -0.4 is 0 Å². The summed E-state index contributed by atoms with van der Waals surface area (Å²) < 4.78 is 26.6. The van der Waals surface area contributed by atoms with Crippen molar-refractivity contribution in [3.05, 3.63) is 39.9 Å². The highest BCUT2D eigenvalue weighted by molar-refractivity contribution is 7.89. The molecule has 1 aliphatic carbocycles. The summed E-state index contributed by atoms with van der Waals surface area (Å²) in [4.78, 5) is 11.0. The highest BCUT2D eigenvalue weighted by Crippen LogP contribution is 2.45. The molecule has 0 N–H and O–H groups in total. The van der Waals surface area contributed by atoms with Crippen LogP contribution in [0.2, 0.25) is 0 Å². The van der Waals surface area contributed by atoms with E-state index in [1.807, 2.05) is 6.92 Å². The molecule has 3 atom stereocenters. The Labute approximate surface area is 124 Å². The molecule has 0 amide bonds. The molecule has 2 aliphatic rings. The predicted octanol–water partition coefficient (Wildman–Crippen LogP) is 2.16. The second kappa shape index (κ2) is 5.06. The zero-order valence-electron chi connectivity index (χ0n) is 11.8. The molecule has 1 heterocycles. The van der Waals surface area contributed by atoms with Crippen molar-refractivity contribution in [3.63, 3.8) is 0 Å². The Kier molecular flexibility index (Phi) is 3.49. The van der Waals surface area contributed by atoms with E-state index in [0.29, 0.717) is 0 Å². The van der Waals surface area contributed by atoms with Gasteiger partial charge in [0.05, 0.1) is 10.8 Å². The van der Waals surface area contributed by atoms with Crippen molar-refractivity contribution in [2.24, 2.45) is 5.92 Å². The van der Waals surface area contributed by atoms with Gasteiger partial charge in [-0.2, -0.15) is 0 Å². The molecule has 1 aliphatic heterocycles. The Balaban J connectivity index is 1.96. The van der Waals surface area contributed by atoms with E-state index in [1.165, 1.54) is 12.1 Å². The first-order valence-corrected chi connectivity index (χ1v) is 8.60. The van der Waals surface area contributed by atoms with E-state index in [2.05, 4.69) is 0 Å². The van der Waals surface area contributed by atoms with Crippen molar-refractivity contribution >= 4 is 10.0 Å². The van der Waals surface area contributed by atoms with Crippen molar-refractivity contribution in [3.8, 4) is 0 Å². The van der Waals surface area contributed by atoms with Crippen LogP contribution >= 0.6 is 0 Å². The van der Waals surface area contributed by atoms with Crippen molar-refractivity contribution in [2.75, 3.05) is 0 Å². The van der Waals surface area contributed by atoms with Gasteiger partial charge in [-0.15, -0.1) is 4.31 Å². The average molecular weight is 310 g/mol. The molecule has 0 spiro atoms. The summed E-state index contributed by atoms with van der Waals surface area (Å²) in [6.45, 7) is 1.87. The van der Waals surface area contributed by atoms with Gasteiger partial charge in [-0.3, -0.25) is 10.1 Å². The normalized spacial score (nSPS) is 29.5. The third kappa shape index (κ3) is 2.24. The molecule has 2 fully saturated rings. The van der Waals surface area contributed by atoms with Crippen LogP contribution in [0.4, 0.5) is 0 Å².